The molecular weight excluding hydrogens is 227 g/mol. The van der Waals surface area contributed by atoms with Crippen molar-refractivity contribution in [1.29, 1.82) is 0 Å². The van der Waals surface area contributed by atoms with Gasteiger partial charge in [-0.2, -0.15) is 0 Å². The predicted molar refractivity (Wildman–Crippen MR) is 71.9 cm³/mol. The summed E-state index contributed by atoms with van der Waals surface area (Å²) in [5.74, 6) is 0.608. The minimum absolute atomic E-state index is 0.213. The first-order chi connectivity index (χ1) is 8.74. The molecule has 2 heteroatoms. The van der Waals surface area contributed by atoms with Crippen LogP contribution < -0.4 is 0 Å². The van der Waals surface area contributed by atoms with E-state index in [0.717, 1.165) is 24.3 Å². The topological polar surface area (TPSA) is 20.2 Å². The summed E-state index contributed by atoms with van der Waals surface area (Å²) in [5, 5.41) is 10.0. The lowest BCUT2D eigenvalue weighted by molar-refractivity contribution is 0.149. The van der Waals surface area contributed by atoms with Crippen LogP contribution in [0.3, 0.4) is 0 Å². The van der Waals surface area contributed by atoms with Gasteiger partial charge in [0, 0.05) is 0 Å². The second-order valence-corrected chi connectivity index (χ2v) is 5.57. The van der Waals surface area contributed by atoms with Crippen LogP contribution in [0.1, 0.15) is 50.5 Å². The van der Waals surface area contributed by atoms with E-state index in [9.17, 15) is 9.50 Å². The van der Waals surface area contributed by atoms with Crippen molar-refractivity contribution in [3.8, 4) is 0 Å². The molecule has 1 aromatic carbocycles. The van der Waals surface area contributed by atoms with E-state index in [4.69, 9.17) is 0 Å². The molecule has 1 aliphatic rings. The molecule has 0 saturated heterocycles. The van der Waals surface area contributed by atoms with E-state index < -0.39 is 0 Å². The van der Waals surface area contributed by atoms with Gasteiger partial charge >= 0.3 is 0 Å². The van der Waals surface area contributed by atoms with Crippen LogP contribution in [0.4, 0.5) is 4.39 Å². The molecule has 0 heterocycles. The van der Waals surface area contributed by atoms with Gasteiger partial charge in [-0.05, 0) is 42.9 Å². The quantitative estimate of drug-likeness (QED) is 0.834. The molecule has 18 heavy (non-hydrogen) atoms. The molecule has 0 radical (unpaired) electrons. The molecule has 0 bridgehead atoms. The maximum Gasteiger partial charge on any atom is 0.123 e. The molecule has 1 atom stereocenters. The lowest BCUT2D eigenvalue weighted by Crippen LogP contribution is -2.14. The monoisotopic (exact) mass is 250 g/mol. The summed E-state index contributed by atoms with van der Waals surface area (Å²) >= 11 is 0. The number of rotatable bonds is 5. The summed E-state index contributed by atoms with van der Waals surface area (Å²) in [6, 6.07) is 6.45. The van der Waals surface area contributed by atoms with Crippen molar-refractivity contribution in [3.05, 3.63) is 35.6 Å². The zero-order valence-electron chi connectivity index (χ0n) is 10.9. The molecule has 1 fully saturated rings. The average Bonchev–Trinajstić information content (AvgIpc) is 2.40. The number of halogens is 1. The second-order valence-electron chi connectivity index (χ2n) is 5.57. The number of hydrogen-bond acceptors (Lipinski definition) is 1. The van der Waals surface area contributed by atoms with Crippen molar-refractivity contribution in [2.45, 2.75) is 57.5 Å². The Bertz CT molecular complexity index is 341. The number of aliphatic hydroxyl groups is 1. The molecule has 1 unspecified atom stereocenters. The minimum atomic E-state index is -0.280. The first kappa shape index (κ1) is 13.5. The fraction of sp³-hybridized carbons (Fsp3) is 0.625. The predicted octanol–water partition coefficient (Wildman–Crippen LogP) is 4.09. The normalized spacial score (nSPS) is 18.8. The first-order valence-electron chi connectivity index (χ1n) is 7.16. The molecule has 0 amide bonds. The highest BCUT2D eigenvalue weighted by molar-refractivity contribution is 5.16. The maximum atomic E-state index is 12.8. The molecule has 1 saturated carbocycles. The van der Waals surface area contributed by atoms with Crippen molar-refractivity contribution in [2.24, 2.45) is 5.92 Å². The molecule has 1 nitrogen and oxygen atoms in total. The third kappa shape index (κ3) is 4.41. The highest BCUT2D eigenvalue weighted by Gasteiger charge is 2.15. The van der Waals surface area contributed by atoms with Gasteiger partial charge < -0.3 is 5.11 Å². The lowest BCUT2D eigenvalue weighted by atomic mass is 9.85. The van der Waals surface area contributed by atoms with Gasteiger partial charge in [0.2, 0.25) is 0 Å². The molecule has 1 N–H and O–H groups in total. The smallest absolute Gasteiger partial charge is 0.123 e. The maximum absolute atomic E-state index is 12.8. The third-order valence-electron chi connectivity index (χ3n) is 4.02. The van der Waals surface area contributed by atoms with E-state index in [1.165, 1.54) is 44.2 Å². The van der Waals surface area contributed by atoms with Crippen molar-refractivity contribution in [3.63, 3.8) is 0 Å². The molecule has 0 aromatic heterocycles. The Labute approximate surface area is 109 Å². The van der Waals surface area contributed by atoms with E-state index in [1.807, 2.05) is 0 Å². The Kier molecular flexibility index (Phi) is 5.18. The van der Waals surface area contributed by atoms with Gasteiger partial charge in [-0.3, -0.25) is 0 Å². The van der Waals surface area contributed by atoms with Crippen LogP contribution in [0.5, 0.6) is 0 Å². The Balaban J connectivity index is 1.71. The first-order valence-corrected chi connectivity index (χ1v) is 7.16. The number of hydrogen-bond donors (Lipinski definition) is 1. The fourth-order valence-corrected chi connectivity index (χ4v) is 2.90. The summed E-state index contributed by atoms with van der Waals surface area (Å²) in [4.78, 5) is 0. The van der Waals surface area contributed by atoms with Gasteiger partial charge in [-0.1, -0.05) is 44.2 Å². The summed E-state index contributed by atoms with van der Waals surface area (Å²) in [6.07, 6.45) is 9.16. The summed E-state index contributed by atoms with van der Waals surface area (Å²) in [7, 11) is 0. The van der Waals surface area contributed by atoms with E-state index in [0.29, 0.717) is 6.42 Å². The summed E-state index contributed by atoms with van der Waals surface area (Å²) < 4.78 is 12.8. The standard InChI is InChI=1S/C16H23FO/c17-15-9-6-14(7-10-15)12-16(18)11-8-13-4-2-1-3-5-13/h6-7,9-10,13,16,18H,1-5,8,11-12H2. The van der Waals surface area contributed by atoms with E-state index in [2.05, 4.69) is 0 Å². The highest BCUT2D eigenvalue weighted by atomic mass is 19.1. The third-order valence-corrected chi connectivity index (χ3v) is 4.02. The zero-order valence-corrected chi connectivity index (χ0v) is 10.9. The summed E-state index contributed by atoms with van der Waals surface area (Å²) in [6.45, 7) is 0. The van der Waals surface area contributed by atoms with Crippen LogP contribution in [0.25, 0.3) is 0 Å². The van der Waals surface area contributed by atoms with Gasteiger partial charge in [-0.25, -0.2) is 4.39 Å². The van der Waals surface area contributed by atoms with Crippen LogP contribution in [-0.2, 0) is 6.42 Å². The fourth-order valence-electron chi connectivity index (χ4n) is 2.90. The van der Waals surface area contributed by atoms with E-state index >= 15 is 0 Å². The van der Waals surface area contributed by atoms with Gasteiger partial charge in [0.1, 0.15) is 5.82 Å². The van der Waals surface area contributed by atoms with Gasteiger partial charge in [-0.15, -0.1) is 0 Å². The van der Waals surface area contributed by atoms with Crippen LogP contribution in [0, 0.1) is 11.7 Å². The lowest BCUT2D eigenvalue weighted by Gasteiger charge is -2.22. The van der Waals surface area contributed by atoms with E-state index in [-0.39, 0.29) is 11.9 Å². The van der Waals surface area contributed by atoms with Crippen LogP contribution >= 0.6 is 0 Å². The molecule has 1 aliphatic carbocycles. The average molecular weight is 250 g/mol. The Hall–Kier alpha value is -0.890. The SMILES string of the molecule is OC(CCC1CCCCC1)Cc1ccc(F)cc1. The molecule has 0 aliphatic heterocycles. The van der Waals surface area contributed by atoms with Crippen molar-refractivity contribution < 1.29 is 9.50 Å². The van der Waals surface area contributed by atoms with Gasteiger partial charge in [0.25, 0.3) is 0 Å². The number of aliphatic hydroxyl groups excluding tert-OH is 1. The van der Waals surface area contributed by atoms with Crippen molar-refractivity contribution in [1.82, 2.24) is 0 Å². The number of benzene rings is 1. The van der Waals surface area contributed by atoms with Crippen LogP contribution in [0.15, 0.2) is 24.3 Å². The van der Waals surface area contributed by atoms with E-state index in [1.54, 1.807) is 12.1 Å². The van der Waals surface area contributed by atoms with Crippen LogP contribution in [-0.4, -0.2) is 11.2 Å². The van der Waals surface area contributed by atoms with Gasteiger partial charge in [0.05, 0.1) is 6.10 Å². The Morgan fingerprint density at radius 2 is 1.78 bits per heavy atom. The molecule has 0 spiro atoms. The molecule has 100 valence electrons. The minimum Gasteiger partial charge on any atom is -0.393 e. The van der Waals surface area contributed by atoms with Gasteiger partial charge in [0.15, 0.2) is 0 Å². The van der Waals surface area contributed by atoms with Crippen molar-refractivity contribution >= 4 is 0 Å². The Morgan fingerprint density at radius 3 is 2.44 bits per heavy atom. The van der Waals surface area contributed by atoms with Crippen LogP contribution in [0.2, 0.25) is 0 Å². The van der Waals surface area contributed by atoms with Crippen molar-refractivity contribution in [2.75, 3.05) is 0 Å². The largest absolute Gasteiger partial charge is 0.393 e. The summed E-state index contributed by atoms with van der Waals surface area (Å²) in [5.41, 5.74) is 1.02. The zero-order chi connectivity index (χ0) is 12.8. The Morgan fingerprint density at radius 1 is 1.11 bits per heavy atom. The molecule has 2 rings (SSSR count). The molecular formula is C16H23FO. The molecule has 1 aromatic rings. The highest BCUT2D eigenvalue weighted by Crippen LogP contribution is 2.28. The second kappa shape index (κ2) is 6.89.